The van der Waals surface area contributed by atoms with Crippen molar-refractivity contribution in [2.45, 2.75) is 6.92 Å². The van der Waals surface area contributed by atoms with Gasteiger partial charge in [-0.25, -0.2) is 4.39 Å². The highest BCUT2D eigenvalue weighted by Gasteiger charge is 2.21. The van der Waals surface area contributed by atoms with E-state index in [9.17, 15) is 14.5 Å². The van der Waals surface area contributed by atoms with Crippen LogP contribution in [0, 0.1) is 22.9 Å². The molecule has 1 aromatic carbocycles. The maximum absolute atomic E-state index is 12.7. The molecule has 0 unspecified atom stereocenters. The highest BCUT2D eigenvalue weighted by molar-refractivity contribution is 5.61. The average molecular weight is 276 g/mol. The van der Waals surface area contributed by atoms with Crippen LogP contribution >= 0.6 is 0 Å². The summed E-state index contributed by atoms with van der Waals surface area (Å²) >= 11 is 0. The van der Waals surface area contributed by atoms with Gasteiger partial charge in [-0.2, -0.15) is 5.10 Å². The molecule has 0 atom stereocenters. The molecule has 6 nitrogen and oxygen atoms in total. The van der Waals surface area contributed by atoms with E-state index in [0.29, 0.717) is 17.1 Å². The van der Waals surface area contributed by atoms with Crippen LogP contribution in [0.4, 0.5) is 15.8 Å². The molecule has 2 aromatic rings. The predicted molar refractivity (Wildman–Crippen MR) is 73.7 cm³/mol. The van der Waals surface area contributed by atoms with Crippen LogP contribution in [-0.4, -0.2) is 14.7 Å². The van der Waals surface area contributed by atoms with Crippen molar-refractivity contribution in [3.8, 4) is 0 Å². The number of aryl methyl sites for hydroxylation is 2. The van der Waals surface area contributed by atoms with Crippen molar-refractivity contribution in [2.75, 3.05) is 5.32 Å². The molecule has 0 radical (unpaired) electrons. The molecular weight excluding hydrogens is 263 g/mol. The molecule has 1 N–H and O–H groups in total. The standard InChI is InChI=1S/C13H13FN4O2/c1-9-13(18(19)20)12(17(2)16-9)7-8-15-11-5-3-10(14)4-6-11/h3-8,15H,1-2H3. The van der Waals surface area contributed by atoms with E-state index in [1.807, 2.05) is 0 Å². The normalized spacial score (nSPS) is 10.9. The number of nitrogens with one attached hydrogen (secondary N) is 1. The zero-order valence-electron chi connectivity index (χ0n) is 11.0. The van der Waals surface area contributed by atoms with Gasteiger partial charge < -0.3 is 5.32 Å². The SMILES string of the molecule is Cc1nn(C)c(C=CNc2ccc(F)cc2)c1[N+](=O)[O-]. The van der Waals surface area contributed by atoms with E-state index >= 15 is 0 Å². The number of anilines is 1. The summed E-state index contributed by atoms with van der Waals surface area (Å²) in [5.41, 5.74) is 1.41. The van der Waals surface area contributed by atoms with Gasteiger partial charge in [0.15, 0.2) is 0 Å². The molecule has 0 fully saturated rings. The topological polar surface area (TPSA) is 73.0 Å². The van der Waals surface area contributed by atoms with Crippen LogP contribution in [0.15, 0.2) is 30.5 Å². The molecule has 0 aliphatic rings. The maximum Gasteiger partial charge on any atom is 0.317 e. The summed E-state index contributed by atoms with van der Waals surface area (Å²) in [6, 6.07) is 5.80. The second-order valence-electron chi connectivity index (χ2n) is 4.18. The van der Waals surface area contributed by atoms with Crippen LogP contribution in [0.2, 0.25) is 0 Å². The quantitative estimate of drug-likeness (QED) is 0.688. The first-order valence-corrected chi connectivity index (χ1v) is 5.85. The Morgan fingerprint density at radius 1 is 1.40 bits per heavy atom. The number of hydrogen-bond acceptors (Lipinski definition) is 4. The summed E-state index contributed by atoms with van der Waals surface area (Å²) in [4.78, 5) is 10.5. The van der Waals surface area contributed by atoms with Crippen molar-refractivity contribution in [1.82, 2.24) is 9.78 Å². The van der Waals surface area contributed by atoms with E-state index < -0.39 is 4.92 Å². The smallest absolute Gasteiger partial charge is 0.317 e. The van der Waals surface area contributed by atoms with E-state index in [0.717, 1.165) is 0 Å². The lowest BCUT2D eigenvalue weighted by Gasteiger charge is -2.00. The predicted octanol–water partition coefficient (Wildman–Crippen LogP) is 2.86. The summed E-state index contributed by atoms with van der Waals surface area (Å²) in [6.45, 7) is 1.59. The van der Waals surface area contributed by atoms with Gasteiger partial charge >= 0.3 is 5.69 Å². The molecule has 1 aromatic heterocycles. The van der Waals surface area contributed by atoms with Gasteiger partial charge in [0.2, 0.25) is 0 Å². The molecular formula is C13H13FN4O2. The molecule has 1 heterocycles. The molecule has 2 rings (SSSR count). The van der Waals surface area contributed by atoms with Crippen molar-refractivity contribution in [3.05, 3.63) is 57.8 Å². The minimum atomic E-state index is -0.458. The molecule has 20 heavy (non-hydrogen) atoms. The van der Waals surface area contributed by atoms with Crippen LogP contribution in [0.25, 0.3) is 6.08 Å². The van der Waals surface area contributed by atoms with Crippen LogP contribution in [-0.2, 0) is 7.05 Å². The minimum Gasteiger partial charge on any atom is -0.362 e. The largest absolute Gasteiger partial charge is 0.362 e. The zero-order chi connectivity index (χ0) is 14.7. The molecule has 104 valence electrons. The average Bonchev–Trinajstić information content (AvgIpc) is 2.66. The van der Waals surface area contributed by atoms with Gasteiger partial charge in [0.05, 0.1) is 4.92 Å². The number of hydrogen-bond donors (Lipinski definition) is 1. The van der Waals surface area contributed by atoms with Gasteiger partial charge in [0, 0.05) is 18.9 Å². The van der Waals surface area contributed by atoms with Crippen molar-refractivity contribution >= 4 is 17.5 Å². The van der Waals surface area contributed by atoms with E-state index in [4.69, 9.17) is 0 Å². The van der Waals surface area contributed by atoms with Crippen molar-refractivity contribution in [3.63, 3.8) is 0 Å². The Kier molecular flexibility index (Phi) is 3.79. The Bertz CT molecular complexity index is 662. The number of rotatable bonds is 4. The van der Waals surface area contributed by atoms with E-state index in [-0.39, 0.29) is 11.5 Å². The van der Waals surface area contributed by atoms with Crippen LogP contribution in [0.3, 0.4) is 0 Å². The second kappa shape index (κ2) is 5.52. The van der Waals surface area contributed by atoms with Crippen molar-refractivity contribution in [1.29, 1.82) is 0 Å². The highest BCUT2D eigenvalue weighted by Crippen LogP contribution is 2.23. The first-order valence-electron chi connectivity index (χ1n) is 5.85. The summed E-state index contributed by atoms with van der Waals surface area (Å²) in [6.07, 6.45) is 3.11. The van der Waals surface area contributed by atoms with Crippen LogP contribution in [0.5, 0.6) is 0 Å². The van der Waals surface area contributed by atoms with Crippen LogP contribution < -0.4 is 5.32 Å². The molecule has 0 aliphatic carbocycles. The van der Waals surface area contributed by atoms with Gasteiger partial charge in [0.1, 0.15) is 17.2 Å². The fourth-order valence-electron chi connectivity index (χ4n) is 1.84. The maximum atomic E-state index is 12.7. The van der Waals surface area contributed by atoms with Crippen molar-refractivity contribution in [2.24, 2.45) is 7.05 Å². The third-order valence-corrected chi connectivity index (χ3v) is 2.75. The first kappa shape index (κ1) is 13.7. The highest BCUT2D eigenvalue weighted by atomic mass is 19.1. The van der Waals surface area contributed by atoms with E-state index in [1.165, 1.54) is 16.8 Å². The van der Waals surface area contributed by atoms with Gasteiger partial charge in [-0.3, -0.25) is 14.8 Å². The Hall–Kier alpha value is -2.70. The van der Waals surface area contributed by atoms with Gasteiger partial charge in [-0.05, 0) is 37.3 Å². The molecule has 0 aliphatic heterocycles. The Morgan fingerprint density at radius 3 is 2.65 bits per heavy atom. The van der Waals surface area contributed by atoms with Gasteiger partial charge in [0.25, 0.3) is 0 Å². The molecule has 0 bridgehead atoms. The Balaban J connectivity index is 2.19. The monoisotopic (exact) mass is 276 g/mol. The van der Waals surface area contributed by atoms with Gasteiger partial charge in [-0.1, -0.05) is 0 Å². The molecule has 7 heteroatoms. The molecule has 0 spiro atoms. The number of halogens is 1. The van der Waals surface area contributed by atoms with Crippen LogP contribution in [0.1, 0.15) is 11.4 Å². The van der Waals surface area contributed by atoms with Crippen molar-refractivity contribution < 1.29 is 9.31 Å². The Labute approximate surface area is 114 Å². The number of benzene rings is 1. The first-order chi connectivity index (χ1) is 9.49. The third kappa shape index (κ3) is 2.82. The summed E-state index contributed by atoms with van der Waals surface area (Å²) in [5, 5.41) is 17.9. The number of aromatic nitrogens is 2. The fourth-order valence-corrected chi connectivity index (χ4v) is 1.84. The van der Waals surface area contributed by atoms with E-state index in [2.05, 4.69) is 10.4 Å². The molecule has 0 amide bonds. The second-order valence-corrected chi connectivity index (χ2v) is 4.18. The third-order valence-electron chi connectivity index (χ3n) is 2.75. The zero-order valence-corrected chi connectivity index (χ0v) is 11.0. The summed E-state index contributed by atoms with van der Waals surface area (Å²) < 4.78 is 14.2. The fraction of sp³-hybridized carbons (Fsp3) is 0.154. The lowest BCUT2D eigenvalue weighted by molar-refractivity contribution is -0.385. The lowest BCUT2D eigenvalue weighted by atomic mass is 10.3. The summed E-state index contributed by atoms with van der Waals surface area (Å²) in [7, 11) is 1.64. The molecule has 0 saturated carbocycles. The van der Waals surface area contributed by atoms with Gasteiger partial charge in [-0.15, -0.1) is 0 Å². The molecule has 0 saturated heterocycles. The lowest BCUT2D eigenvalue weighted by Crippen LogP contribution is -1.96. The summed E-state index contributed by atoms with van der Waals surface area (Å²) in [5.74, 6) is -0.322. The van der Waals surface area contributed by atoms with E-state index in [1.54, 1.807) is 38.4 Å². The number of nitrogens with zero attached hydrogens (tertiary/aromatic N) is 3. The minimum absolute atomic E-state index is 0.0235. The number of nitro groups is 1. The Morgan fingerprint density at radius 2 is 2.05 bits per heavy atom.